The fourth-order valence-corrected chi connectivity index (χ4v) is 4.18. The predicted octanol–water partition coefficient (Wildman–Crippen LogP) is 4.99. The lowest BCUT2D eigenvalue weighted by molar-refractivity contribution is -0.274. The maximum absolute atomic E-state index is 13.5. The molecule has 13 heteroatoms. The first kappa shape index (κ1) is 30.9. The highest BCUT2D eigenvalue weighted by molar-refractivity contribution is 6.30. The van der Waals surface area contributed by atoms with Crippen molar-refractivity contribution in [2.75, 3.05) is 11.5 Å². The summed E-state index contributed by atoms with van der Waals surface area (Å²) < 4.78 is 54.1. The van der Waals surface area contributed by atoms with Crippen LogP contribution < -0.4 is 25.0 Å². The second-order valence-electron chi connectivity index (χ2n) is 10.3. The lowest BCUT2D eigenvalue weighted by Gasteiger charge is -2.29. The summed E-state index contributed by atoms with van der Waals surface area (Å²) >= 11 is 6.09. The fraction of sp³-hybridized carbons (Fsp3) is 0.444. The van der Waals surface area contributed by atoms with Crippen LogP contribution in [0.25, 0.3) is 0 Å². The van der Waals surface area contributed by atoms with Crippen molar-refractivity contribution in [2.24, 2.45) is 0 Å². The molecule has 1 aliphatic rings. The Bertz CT molecular complexity index is 1250. The molecule has 3 rings (SSSR count). The maximum Gasteiger partial charge on any atom is 0.573 e. The van der Waals surface area contributed by atoms with Crippen molar-refractivity contribution in [3.05, 3.63) is 53.1 Å². The summed E-state index contributed by atoms with van der Waals surface area (Å²) in [7, 11) is 0. The van der Waals surface area contributed by atoms with E-state index in [0.29, 0.717) is 16.5 Å². The zero-order valence-electron chi connectivity index (χ0n) is 22.6. The van der Waals surface area contributed by atoms with Gasteiger partial charge < -0.3 is 29.7 Å². The van der Waals surface area contributed by atoms with Gasteiger partial charge in [-0.3, -0.25) is 9.59 Å². The number of carbonyl (C=O) groups excluding carboxylic acids is 3. The fourth-order valence-electron chi connectivity index (χ4n) is 4.02. The van der Waals surface area contributed by atoms with Gasteiger partial charge in [-0.05, 0) is 58.4 Å². The summed E-state index contributed by atoms with van der Waals surface area (Å²) in [6, 6.07) is 7.06. The maximum atomic E-state index is 13.5. The molecule has 1 heterocycles. The molecular formula is C27H31ClF3N3O6. The van der Waals surface area contributed by atoms with Gasteiger partial charge in [0.1, 0.15) is 35.8 Å². The van der Waals surface area contributed by atoms with E-state index in [0.717, 1.165) is 6.07 Å². The van der Waals surface area contributed by atoms with Crippen LogP contribution in [0.4, 0.5) is 23.7 Å². The van der Waals surface area contributed by atoms with Crippen molar-refractivity contribution >= 4 is 35.2 Å². The van der Waals surface area contributed by atoms with E-state index in [1.165, 1.54) is 23.1 Å². The van der Waals surface area contributed by atoms with Gasteiger partial charge in [-0.1, -0.05) is 29.8 Å². The molecule has 0 spiro atoms. The molecular weight excluding hydrogens is 555 g/mol. The van der Waals surface area contributed by atoms with Crippen LogP contribution in [0.15, 0.2) is 42.5 Å². The van der Waals surface area contributed by atoms with E-state index in [2.05, 4.69) is 15.4 Å². The van der Waals surface area contributed by atoms with E-state index in [-0.39, 0.29) is 18.2 Å². The normalized spacial score (nSPS) is 16.4. The van der Waals surface area contributed by atoms with Crippen LogP contribution in [0.1, 0.15) is 40.2 Å². The third kappa shape index (κ3) is 8.41. The number of hydrogen-bond donors (Lipinski definition) is 2. The van der Waals surface area contributed by atoms with E-state index in [1.807, 2.05) is 0 Å². The molecule has 0 fully saturated rings. The first-order valence-electron chi connectivity index (χ1n) is 12.4. The van der Waals surface area contributed by atoms with Crippen molar-refractivity contribution in [3.63, 3.8) is 0 Å². The number of alkyl carbamates (subject to hydrolysis) is 1. The number of anilines is 1. The third-order valence-corrected chi connectivity index (χ3v) is 5.82. The second-order valence-corrected chi connectivity index (χ2v) is 10.8. The van der Waals surface area contributed by atoms with Crippen molar-refractivity contribution < 1.29 is 41.8 Å². The van der Waals surface area contributed by atoms with Crippen molar-refractivity contribution in [1.29, 1.82) is 0 Å². The van der Waals surface area contributed by atoms with Gasteiger partial charge in [0.25, 0.3) is 5.91 Å². The van der Waals surface area contributed by atoms with Crippen LogP contribution in [-0.4, -0.2) is 54.6 Å². The first-order valence-corrected chi connectivity index (χ1v) is 12.8. The Morgan fingerprint density at radius 1 is 1.15 bits per heavy atom. The summed E-state index contributed by atoms with van der Waals surface area (Å²) in [5.74, 6) is -1.53. The zero-order chi connectivity index (χ0) is 29.8. The minimum Gasteiger partial charge on any atom is -0.489 e. The van der Waals surface area contributed by atoms with E-state index in [4.69, 9.17) is 21.1 Å². The van der Waals surface area contributed by atoms with Gasteiger partial charge in [0, 0.05) is 23.6 Å². The Kier molecular flexibility index (Phi) is 9.44. The van der Waals surface area contributed by atoms with Crippen molar-refractivity contribution in [2.45, 2.75) is 71.1 Å². The van der Waals surface area contributed by atoms with E-state index >= 15 is 0 Å². The van der Waals surface area contributed by atoms with Gasteiger partial charge in [0.15, 0.2) is 0 Å². The van der Waals surface area contributed by atoms with Gasteiger partial charge in [-0.15, -0.1) is 13.2 Å². The molecule has 0 saturated heterocycles. The van der Waals surface area contributed by atoms with Crippen LogP contribution in [0.2, 0.25) is 5.02 Å². The summed E-state index contributed by atoms with van der Waals surface area (Å²) in [4.78, 5) is 41.0. The van der Waals surface area contributed by atoms with E-state index < -0.39 is 54.1 Å². The smallest absolute Gasteiger partial charge is 0.489 e. The zero-order valence-corrected chi connectivity index (χ0v) is 23.4. The molecule has 2 aromatic rings. The average Bonchev–Trinajstić information content (AvgIpc) is 2.94. The molecule has 0 aromatic heterocycles. The lowest BCUT2D eigenvalue weighted by atomic mass is 10.0. The Morgan fingerprint density at radius 3 is 2.45 bits per heavy atom. The monoisotopic (exact) mass is 585 g/mol. The molecule has 218 valence electrons. The number of amides is 3. The molecule has 0 aliphatic carbocycles. The highest BCUT2D eigenvalue weighted by Gasteiger charge is 2.37. The number of carbonyl (C=O) groups is 3. The summed E-state index contributed by atoms with van der Waals surface area (Å²) in [5.41, 5.74) is -0.466. The highest BCUT2D eigenvalue weighted by atomic mass is 35.5. The van der Waals surface area contributed by atoms with Crippen LogP contribution in [0.3, 0.4) is 0 Å². The number of ether oxygens (including phenoxy) is 3. The predicted molar refractivity (Wildman–Crippen MR) is 141 cm³/mol. The van der Waals surface area contributed by atoms with Crippen LogP contribution >= 0.6 is 11.6 Å². The number of fused-ring (bicyclic) bond motifs is 1. The number of para-hydroxylation sites is 1. The molecule has 2 aromatic carbocycles. The molecule has 0 unspecified atom stereocenters. The molecule has 9 nitrogen and oxygen atoms in total. The van der Waals surface area contributed by atoms with Gasteiger partial charge in [-0.25, -0.2) is 4.79 Å². The number of halogens is 4. The van der Waals surface area contributed by atoms with Crippen LogP contribution in [-0.2, 0) is 20.7 Å². The molecule has 0 bridgehead atoms. The van der Waals surface area contributed by atoms with Crippen molar-refractivity contribution in [3.8, 4) is 11.5 Å². The third-order valence-electron chi connectivity index (χ3n) is 5.59. The van der Waals surface area contributed by atoms with Gasteiger partial charge >= 0.3 is 12.5 Å². The van der Waals surface area contributed by atoms with Gasteiger partial charge in [0.05, 0.1) is 5.69 Å². The van der Waals surface area contributed by atoms with Crippen LogP contribution in [0.5, 0.6) is 11.5 Å². The van der Waals surface area contributed by atoms with Gasteiger partial charge in [0.2, 0.25) is 5.91 Å². The van der Waals surface area contributed by atoms with Crippen molar-refractivity contribution in [1.82, 2.24) is 10.6 Å². The topological polar surface area (TPSA) is 106 Å². The standard InChI is InChI=1S/C27H31ClF3N3O6/c1-15(2)34-20-11-10-17(28)13-22(20)38-14-19(24(34)36)32-23(35)18(33-25(37)40-26(3,4)5)12-16-8-6-7-9-21(16)39-27(29,30)31/h6-11,13,15,18-19H,12,14H2,1-5H3,(H,32,35)(H,33,37)/t18-,19-/m1/s1. The number of rotatable bonds is 7. The average molecular weight is 586 g/mol. The number of benzene rings is 2. The minimum atomic E-state index is -4.98. The second kappa shape index (κ2) is 12.2. The quantitative estimate of drug-likeness (QED) is 0.474. The Hall–Kier alpha value is -3.67. The number of nitrogens with one attached hydrogen (secondary N) is 2. The SMILES string of the molecule is CC(C)N1C(=O)[C@H](NC(=O)[C@@H](Cc2ccccc2OC(F)(F)F)NC(=O)OC(C)(C)C)COc2cc(Cl)ccc21. The van der Waals surface area contributed by atoms with E-state index in [1.54, 1.807) is 52.8 Å². The Morgan fingerprint density at radius 2 is 1.82 bits per heavy atom. The van der Waals surface area contributed by atoms with Gasteiger partial charge in [-0.2, -0.15) is 0 Å². The minimum absolute atomic E-state index is 0.00895. The molecule has 40 heavy (non-hydrogen) atoms. The lowest BCUT2D eigenvalue weighted by Crippen LogP contribution is -2.57. The highest BCUT2D eigenvalue weighted by Crippen LogP contribution is 2.35. The molecule has 0 radical (unpaired) electrons. The number of alkyl halides is 3. The first-order chi connectivity index (χ1) is 18.5. The van der Waals surface area contributed by atoms with Crippen LogP contribution in [0, 0.1) is 0 Å². The molecule has 1 aliphatic heterocycles. The molecule has 3 amide bonds. The summed E-state index contributed by atoms with van der Waals surface area (Å²) in [6.07, 6.45) is -6.35. The molecule has 0 saturated carbocycles. The largest absolute Gasteiger partial charge is 0.573 e. The number of nitrogens with zero attached hydrogens (tertiary/aromatic N) is 1. The Labute approximate surface area is 234 Å². The molecule has 2 N–H and O–H groups in total. The number of hydrogen-bond acceptors (Lipinski definition) is 6. The Balaban J connectivity index is 1.89. The summed E-state index contributed by atoms with van der Waals surface area (Å²) in [5, 5.41) is 5.36. The summed E-state index contributed by atoms with van der Waals surface area (Å²) in [6.45, 7) is 8.14. The molecule has 2 atom stereocenters. The van der Waals surface area contributed by atoms with E-state index in [9.17, 15) is 27.6 Å².